The van der Waals surface area contributed by atoms with Gasteiger partial charge in [-0.15, -0.1) is 5.10 Å². The molecule has 0 unspecified atom stereocenters. The van der Waals surface area contributed by atoms with E-state index in [-0.39, 0.29) is 12.6 Å². The van der Waals surface area contributed by atoms with Gasteiger partial charge in [-0.25, -0.2) is 4.98 Å². The summed E-state index contributed by atoms with van der Waals surface area (Å²) in [5.41, 5.74) is 2.29. The zero-order valence-corrected chi connectivity index (χ0v) is 17.2. The molecular formula is C21H24N6O3. The smallest absolute Gasteiger partial charge is 0.177 e. The van der Waals surface area contributed by atoms with Crippen LogP contribution in [0.1, 0.15) is 24.1 Å². The zero-order valence-electron chi connectivity index (χ0n) is 17.2. The molecule has 0 amide bonds. The number of aliphatic hydroxyl groups excluding tert-OH is 1. The first-order chi connectivity index (χ1) is 14.6. The number of anilines is 3. The van der Waals surface area contributed by atoms with E-state index in [1.807, 2.05) is 13.0 Å². The summed E-state index contributed by atoms with van der Waals surface area (Å²) in [5.74, 6) is 2.46. The van der Waals surface area contributed by atoms with E-state index in [0.717, 1.165) is 30.9 Å². The second-order valence-corrected chi connectivity index (χ2v) is 7.22. The van der Waals surface area contributed by atoms with Gasteiger partial charge < -0.3 is 24.8 Å². The van der Waals surface area contributed by atoms with Gasteiger partial charge in [0.05, 0.1) is 26.9 Å². The van der Waals surface area contributed by atoms with Crippen molar-refractivity contribution in [2.75, 3.05) is 37.6 Å². The molecule has 1 saturated heterocycles. The van der Waals surface area contributed by atoms with Crippen LogP contribution in [0.5, 0.6) is 11.5 Å². The normalized spacial score (nSPS) is 16.0. The zero-order chi connectivity index (χ0) is 21.3. The van der Waals surface area contributed by atoms with E-state index in [4.69, 9.17) is 9.47 Å². The summed E-state index contributed by atoms with van der Waals surface area (Å²) in [5, 5.41) is 27.5. The fraction of sp³-hybridized carbons (Fsp3) is 0.381. The highest BCUT2D eigenvalue weighted by Crippen LogP contribution is 2.32. The maximum absolute atomic E-state index is 9.84. The first-order valence-electron chi connectivity index (χ1n) is 9.76. The van der Waals surface area contributed by atoms with E-state index in [1.54, 1.807) is 36.9 Å². The van der Waals surface area contributed by atoms with E-state index >= 15 is 0 Å². The van der Waals surface area contributed by atoms with Gasteiger partial charge >= 0.3 is 0 Å². The van der Waals surface area contributed by atoms with Crippen molar-refractivity contribution in [3.63, 3.8) is 0 Å². The molecule has 0 bridgehead atoms. The van der Waals surface area contributed by atoms with Crippen LogP contribution in [-0.4, -0.2) is 53.1 Å². The Hall–Kier alpha value is -3.51. The van der Waals surface area contributed by atoms with Crippen molar-refractivity contribution in [3.8, 4) is 17.6 Å². The van der Waals surface area contributed by atoms with Crippen molar-refractivity contribution < 1.29 is 14.6 Å². The summed E-state index contributed by atoms with van der Waals surface area (Å²) in [6.07, 6.45) is 1.91. The molecular weight excluding hydrogens is 384 g/mol. The molecule has 1 atom stereocenters. The first-order valence-corrected chi connectivity index (χ1v) is 9.76. The predicted molar refractivity (Wildman–Crippen MR) is 113 cm³/mol. The summed E-state index contributed by atoms with van der Waals surface area (Å²) in [6.45, 7) is 2.78. The molecule has 2 aromatic heterocycles. The third-order valence-corrected chi connectivity index (χ3v) is 5.31. The number of rotatable bonds is 6. The van der Waals surface area contributed by atoms with Crippen molar-refractivity contribution in [1.82, 2.24) is 14.6 Å². The number of benzene rings is 1. The maximum Gasteiger partial charge on any atom is 0.177 e. The Morgan fingerprint density at radius 1 is 1.23 bits per heavy atom. The van der Waals surface area contributed by atoms with Gasteiger partial charge in [0.15, 0.2) is 11.5 Å². The van der Waals surface area contributed by atoms with E-state index in [0.29, 0.717) is 34.2 Å². The highest BCUT2D eigenvalue weighted by molar-refractivity contribution is 5.74. The van der Waals surface area contributed by atoms with Gasteiger partial charge in [0.25, 0.3) is 0 Å². The van der Waals surface area contributed by atoms with Crippen molar-refractivity contribution in [1.29, 1.82) is 5.26 Å². The third kappa shape index (κ3) is 3.46. The second-order valence-electron chi connectivity index (χ2n) is 7.22. The van der Waals surface area contributed by atoms with Crippen LogP contribution in [0, 0.1) is 18.3 Å². The van der Waals surface area contributed by atoms with Crippen LogP contribution < -0.4 is 19.7 Å². The molecule has 1 aliphatic heterocycles. The number of nitrogens with one attached hydrogen (secondary N) is 1. The van der Waals surface area contributed by atoms with Gasteiger partial charge in [-0.3, -0.25) is 0 Å². The van der Waals surface area contributed by atoms with Crippen molar-refractivity contribution in [2.24, 2.45) is 0 Å². The highest BCUT2D eigenvalue weighted by Gasteiger charge is 2.28. The lowest BCUT2D eigenvalue weighted by atomic mass is 10.2. The molecule has 1 fully saturated rings. The Labute approximate surface area is 174 Å². The lowest BCUT2D eigenvalue weighted by molar-refractivity contribution is 0.265. The van der Waals surface area contributed by atoms with Crippen LogP contribution in [0.25, 0.3) is 5.65 Å². The Morgan fingerprint density at radius 3 is 2.60 bits per heavy atom. The highest BCUT2D eigenvalue weighted by atomic mass is 16.5. The molecule has 30 heavy (non-hydrogen) atoms. The first kappa shape index (κ1) is 19.8. The van der Waals surface area contributed by atoms with E-state index in [1.165, 1.54) is 0 Å². The molecule has 3 heterocycles. The number of aliphatic hydroxyl groups is 1. The summed E-state index contributed by atoms with van der Waals surface area (Å²) in [6, 6.07) is 9.57. The number of hydrogen-bond acceptors (Lipinski definition) is 8. The minimum atomic E-state index is 0.0313. The second kappa shape index (κ2) is 8.08. The summed E-state index contributed by atoms with van der Waals surface area (Å²) in [4.78, 5) is 6.69. The van der Waals surface area contributed by atoms with Crippen molar-refractivity contribution in [3.05, 3.63) is 35.5 Å². The van der Waals surface area contributed by atoms with Crippen LogP contribution in [0.3, 0.4) is 0 Å². The number of methoxy groups -OCH3 is 2. The number of ether oxygens (including phenoxy) is 2. The molecule has 1 aromatic carbocycles. The summed E-state index contributed by atoms with van der Waals surface area (Å²) < 4.78 is 12.3. The van der Waals surface area contributed by atoms with Gasteiger partial charge in [-0.2, -0.15) is 9.78 Å². The molecule has 0 spiro atoms. The summed E-state index contributed by atoms with van der Waals surface area (Å²) in [7, 11) is 3.16. The number of nitriles is 1. The van der Waals surface area contributed by atoms with Gasteiger partial charge in [0.1, 0.15) is 28.9 Å². The number of fused-ring (bicyclic) bond motifs is 1. The fourth-order valence-corrected chi connectivity index (χ4v) is 3.86. The van der Waals surface area contributed by atoms with Crippen molar-refractivity contribution >= 4 is 23.0 Å². The van der Waals surface area contributed by atoms with Crippen LogP contribution in [0.4, 0.5) is 17.3 Å². The average Bonchev–Trinajstić information content (AvgIpc) is 3.36. The fourth-order valence-electron chi connectivity index (χ4n) is 3.86. The Kier molecular flexibility index (Phi) is 5.33. The van der Waals surface area contributed by atoms with Crippen LogP contribution >= 0.6 is 0 Å². The molecule has 1 aliphatic rings. The number of aromatic nitrogens is 3. The van der Waals surface area contributed by atoms with E-state index < -0.39 is 0 Å². The molecule has 9 nitrogen and oxygen atoms in total. The standard InChI is InChI=1S/C21H24N6O3/c1-13-7-19(26-6-4-5-15(26)12-28)27-21(23-13)18(11-22)20(25-27)24-14-8-16(29-2)10-17(9-14)30-3/h7-10,15,28H,4-6,12H2,1-3H3,(H,24,25)/t15-/m1/s1. The van der Waals surface area contributed by atoms with Crippen LogP contribution in [0.2, 0.25) is 0 Å². The Morgan fingerprint density at radius 2 is 1.97 bits per heavy atom. The SMILES string of the molecule is COc1cc(Nc2nn3c(N4CCC[C@@H]4CO)cc(C)nc3c2C#N)cc(OC)c1. The molecule has 3 aromatic rings. The minimum Gasteiger partial charge on any atom is -0.497 e. The third-order valence-electron chi connectivity index (χ3n) is 5.31. The number of nitrogens with zero attached hydrogens (tertiary/aromatic N) is 5. The Balaban J connectivity index is 1.82. The molecule has 2 N–H and O–H groups in total. The van der Waals surface area contributed by atoms with Crippen molar-refractivity contribution in [2.45, 2.75) is 25.8 Å². The average molecular weight is 408 g/mol. The van der Waals surface area contributed by atoms with E-state index in [2.05, 4.69) is 26.4 Å². The topological polar surface area (TPSA) is 108 Å². The lowest BCUT2D eigenvalue weighted by Crippen LogP contribution is -2.33. The summed E-state index contributed by atoms with van der Waals surface area (Å²) >= 11 is 0. The van der Waals surface area contributed by atoms with Crippen LogP contribution in [0.15, 0.2) is 24.3 Å². The number of aryl methyl sites for hydroxylation is 1. The molecule has 0 aliphatic carbocycles. The lowest BCUT2D eigenvalue weighted by Gasteiger charge is -2.25. The molecule has 9 heteroatoms. The van der Waals surface area contributed by atoms with Gasteiger partial charge in [0, 0.05) is 42.2 Å². The maximum atomic E-state index is 9.84. The minimum absolute atomic E-state index is 0.0313. The monoisotopic (exact) mass is 408 g/mol. The number of hydrogen-bond donors (Lipinski definition) is 2. The van der Waals surface area contributed by atoms with E-state index in [9.17, 15) is 10.4 Å². The Bertz CT molecular complexity index is 1100. The largest absolute Gasteiger partial charge is 0.497 e. The molecule has 0 radical (unpaired) electrons. The molecule has 156 valence electrons. The van der Waals surface area contributed by atoms with Gasteiger partial charge in [0.2, 0.25) is 0 Å². The molecule has 4 rings (SSSR count). The van der Waals surface area contributed by atoms with Gasteiger partial charge in [-0.1, -0.05) is 0 Å². The van der Waals surface area contributed by atoms with Crippen LogP contribution in [-0.2, 0) is 0 Å². The quantitative estimate of drug-likeness (QED) is 0.641. The molecule has 0 saturated carbocycles. The predicted octanol–water partition coefficient (Wildman–Crippen LogP) is 2.63. The van der Waals surface area contributed by atoms with Gasteiger partial charge in [-0.05, 0) is 19.8 Å².